The van der Waals surface area contributed by atoms with E-state index in [0.29, 0.717) is 11.8 Å². The van der Waals surface area contributed by atoms with Gasteiger partial charge in [-0.25, -0.2) is 0 Å². The molecule has 0 radical (unpaired) electrons. The first-order valence-electron chi connectivity index (χ1n) is 6.74. The zero-order chi connectivity index (χ0) is 14.6. The van der Waals surface area contributed by atoms with Gasteiger partial charge in [-0.05, 0) is 35.1 Å². The minimum atomic E-state index is 0.247. The number of ether oxygens (including phenoxy) is 1. The molecular weight excluding hydrogens is 368 g/mol. The summed E-state index contributed by atoms with van der Waals surface area (Å²) in [7, 11) is 0. The highest BCUT2D eigenvalue weighted by molar-refractivity contribution is 9.10. The fraction of sp³-hybridized carbons (Fsp3) is 0.625. The van der Waals surface area contributed by atoms with Gasteiger partial charge in [0.15, 0.2) is 0 Å². The summed E-state index contributed by atoms with van der Waals surface area (Å²) in [6, 6.07) is 6.26. The molecule has 0 heterocycles. The van der Waals surface area contributed by atoms with Gasteiger partial charge in [-0.1, -0.05) is 66.5 Å². The maximum absolute atomic E-state index is 6.08. The summed E-state index contributed by atoms with van der Waals surface area (Å²) < 4.78 is 7.19. The van der Waals surface area contributed by atoms with Crippen molar-refractivity contribution in [3.8, 4) is 5.75 Å². The van der Waals surface area contributed by atoms with E-state index >= 15 is 0 Å². The highest BCUT2D eigenvalue weighted by atomic mass is 79.9. The standard InChI is InChI=1S/C16H24Br2O/c1-11(2)14-8-13(18)6-7-15(14)19-10-12(9-17)16(3,4)5/h6-8,11-12H,9-10H2,1-5H3. The summed E-state index contributed by atoms with van der Waals surface area (Å²) >= 11 is 7.12. The quantitative estimate of drug-likeness (QED) is 0.558. The van der Waals surface area contributed by atoms with Gasteiger partial charge in [0.25, 0.3) is 0 Å². The molecule has 0 saturated heterocycles. The predicted octanol–water partition coefficient (Wildman–Crippen LogP) is 6.01. The summed E-state index contributed by atoms with van der Waals surface area (Å²) in [6.45, 7) is 11.9. The van der Waals surface area contributed by atoms with Gasteiger partial charge >= 0.3 is 0 Å². The van der Waals surface area contributed by atoms with Crippen molar-refractivity contribution in [1.82, 2.24) is 0 Å². The average Bonchev–Trinajstić information content (AvgIpc) is 2.29. The largest absolute Gasteiger partial charge is 0.493 e. The molecule has 1 atom stereocenters. The second-order valence-electron chi connectivity index (χ2n) is 6.37. The Bertz CT molecular complexity index is 408. The molecule has 3 heteroatoms. The Balaban J connectivity index is 2.83. The molecule has 0 aliphatic carbocycles. The summed E-state index contributed by atoms with van der Waals surface area (Å²) in [5.74, 6) is 1.97. The van der Waals surface area contributed by atoms with E-state index in [4.69, 9.17) is 4.74 Å². The van der Waals surface area contributed by atoms with E-state index in [9.17, 15) is 0 Å². The van der Waals surface area contributed by atoms with Gasteiger partial charge in [0.05, 0.1) is 6.61 Å². The maximum Gasteiger partial charge on any atom is 0.122 e. The lowest BCUT2D eigenvalue weighted by Gasteiger charge is -2.29. The van der Waals surface area contributed by atoms with Crippen LogP contribution >= 0.6 is 31.9 Å². The van der Waals surface area contributed by atoms with Gasteiger partial charge in [-0.15, -0.1) is 0 Å². The lowest BCUT2D eigenvalue weighted by molar-refractivity contribution is 0.165. The minimum absolute atomic E-state index is 0.247. The van der Waals surface area contributed by atoms with Crippen molar-refractivity contribution in [2.24, 2.45) is 11.3 Å². The van der Waals surface area contributed by atoms with Crippen molar-refractivity contribution in [2.75, 3.05) is 11.9 Å². The number of rotatable bonds is 5. The van der Waals surface area contributed by atoms with E-state index in [0.717, 1.165) is 22.2 Å². The normalized spacial score (nSPS) is 13.7. The lowest BCUT2D eigenvalue weighted by Crippen LogP contribution is -2.28. The number of hydrogen-bond donors (Lipinski definition) is 0. The Morgan fingerprint density at radius 1 is 1.21 bits per heavy atom. The number of benzene rings is 1. The van der Waals surface area contributed by atoms with E-state index in [2.05, 4.69) is 78.6 Å². The second kappa shape index (κ2) is 7.12. The summed E-state index contributed by atoms with van der Waals surface area (Å²) in [5.41, 5.74) is 1.51. The Kier molecular flexibility index (Phi) is 6.38. The molecule has 1 unspecified atom stereocenters. The van der Waals surface area contributed by atoms with Crippen LogP contribution in [0.25, 0.3) is 0 Å². The molecule has 19 heavy (non-hydrogen) atoms. The van der Waals surface area contributed by atoms with Crippen LogP contribution in [0.5, 0.6) is 5.75 Å². The number of alkyl halides is 1. The SMILES string of the molecule is CC(C)c1cc(Br)ccc1OCC(CBr)C(C)(C)C. The monoisotopic (exact) mass is 390 g/mol. The first-order chi connectivity index (χ1) is 8.75. The summed E-state index contributed by atoms with van der Waals surface area (Å²) in [5, 5.41) is 0.962. The predicted molar refractivity (Wildman–Crippen MR) is 90.5 cm³/mol. The molecular formula is C16H24Br2O. The zero-order valence-corrected chi connectivity index (χ0v) is 15.6. The fourth-order valence-corrected chi connectivity index (χ4v) is 3.36. The van der Waals surface area contributed by atoms with E-state index in [-0.39, 0.29) is 5.41 Å². The van der Waals surface area contributed by atoms with Crippen LogP contribution in [0.3, 0.4) is 0 Å². The van der Waals surface area contributed by atoms with Crippen molar-refractivity contribution in [2.45, 2.75) is 40.5 Å². The Morgan fingerprint density at radius 3 is 2.32 bits per heavy atom. The van der Waals surface area contributed by atoms with E-state index < -0.39 is 0 Å². The van der Waals surface area contributed by atoms with Crippen LogP contribution in [0.4, 0.5) is 0 Å². The first-order valence-corrected chi connectivity index (χ1v) is 8.65. The van der Waals surface area contributed by atoms with E-state index in [1.807, 2.05) is 6.07 Å². The Labute approximate surface area is 134 Å². The van der Waals surface area contributed by atoms with Crippen LogP contribution in [0.15, 0.2) is 22.7 Å². The van der Waals surface area contributed by atoms with Crippen molar-refractivity contribution >= 4 is 31.9 Å². The lowest BCUT2D eigenvalue weighted by atomic mass is 9.83. The molecule has 0 spiro atoms. The smallest absolute Gasteiger partial charge is 0.122 e. The third kappa shape index (κ3) is 5.11. The van der Waals surface area contributed by atoms with Gasteiger partial charge in [-0.3, -0.25) is 0 Å². The van der Waals surface area contributed by atoms with Crippen molar-refractivity contribution in [1.29, 1.82) is 0 Å². The molecule has 0 aromatic heterocycles. The van der Waals surface area contributed by atoms with Crippen LogP contribution in [-0.2, 0) is 0 Å². The average molecular weight is 392 g/mol. The van der Waals surface area contributed by atoms with Crippen molar-refractivity contribution < 1.29 is 4.74 Å². The molecule has 0 aliphatic heterocycles. The van der Waals surface area contributed by atoms with Gasteiger partial charge < -0.3 is 4.74 Å². The van der Waals surface area contributed by atoms with Crippen LogP contribution in [0.1, 0.15) is 46.1 Å². The van der Waals surface area contributed by atoms with Gasteiger partial charge in [0.1, 0.15) is 5.75 Å². The molecule has 0 saturated carbocycles. The van der Waals surface area contributed by atoms with Crippen molar-refractivity contribution in [3.05, 3.63) is 28.2 Å². The second-order valence-corrected chi connectivity index (χ2v) is 7.93. The maximum atomic E-state index is 6.08. The van der Waals surface area contributed by atoms with Crippen molar-refractivity contribution in [3.63, 3.8) is 0 Å². The van der Waals surface area contributed by atoms with Crippen LogP contribution < -0.4 is 4.74 Å². The summed E-state index contributed by atoms with van der Waals surface area (Å²) in [4.78, 5) is 0. The van der Waals surface area contributed by atoms with Crippen LogP contribution in [-0.4, -0.2) is 11.9 Å². The van der Waals surface area contributed by atoms with E-state index in [1.165, 1.54) is 5.56 Å². The molecule has 0 N–H and O–H groups in total. The Morgan fingerprint density at radius 2 is 1.84 bits per heavy atom. The van der Waals surface area contributed by atoms with Gasteiger partial charge in [-0.2, -0.15) is 0 Å². The molecule has 1 aromatic rings. The molecule has 108 valence electrons. The number of hydrogen-bond acceptors (Lipinski definition) is 1. The molecule has 1 rings (SSSR count). The third-order valence-corrected chi connectivity index (χ3v) is 4.72. The molecule has 0 amide bonds. The molecule has 0 bridgehead atoms. The van der Waals surface area contributed by atoms with Crippen LogP contribution in [0, 0.1) is 11.3 Å². The van der Waals surface area contributed by atoms with E-state index in [1.54, 1.807) is 0 Å². The number of halogens is 2. The highest BCUT2D eigenvalue weighted by Gasteiger charge is 2.24. The third-order valence-electron chi connectivity index (χ3n) is 3.44. The first kappa shape index (κ1) is 17.0. The Hall–Kier alpha value is -0.0200. The van der Waals surface area contributed by atoms with Gasteiger partial charge in [0.2, 0.25) is 0 Å². The van der Waals surface area contributed by atoms with Gasteiger partial charge in [0, 0.05) is 15.7 Å². The fourth-order valence-electron chi connectivity index (χ4n) is 1.82. The minimum Gasteiger partial charge on any atom is -0.493 e. The topological polar surface area (TPSA) is 9.23 Å². The molecule has 0 fully saturated rings. The van der Waals surface area contributed by atoms with Crippen LogP contribution in [0.2, 0.25) is 0 Å². The molecule has 1 aromatic carbocycles. The summed E-state index contributed by atoms with van der Waals surface area (Å²) in [6.07, 6.45) is 0. The molecule has 1 nitrogen and oxygen atoms in total. The molecule has 0 aliphatic rings. The zero-order valence-electron chi connectivity index (χ0n) is 12.5. The highest BCUT2D eigenvalue weighted by Crippen LogP contribution is 2.32.